The van der Waals surface area contributed by atoms with Gasteiger partial charge in [-0.15, -0.1) is 0 Å². The molecule has 1 aromatic carbocycles. The van der Waals surface area contributed by atoms with E-state index in [2.05, 4.69) is 16.6 Å². The van der Waals surface area contributed by atoms with E-state index in [1.165, 1.54) is 12.1 Å². The molecule has 19 heavy (non-hydrogen) atoms. The van der Waals surface area contributed by atoms with E-state index in [1.807, 2.05) is 13.0 Å². The van der Waals surface area contributed by atoms with Gasteiger partial charge in [-0.3, -0.25) is 4.99 Å². The lowest BCUT2D eigenvalue weighted by atomic mass is 10.1. The molecule has 0 aliphatic carbocycles. The molecule has 0 radical (unpaired) electrons. The van der Waals surface area contributed by atoms with Crippen molar-refractivity contribution in [2.45, 2.75) is 12.2 Å². The van der Waals surface area contributed by atoms with Crippen LogP contribution in [0, 0.1) is 11.6 Å². The second-order valence-corrected chi connectivity index (χ2v) is 5.59. The summed E-state index contributed by atoms with van der Waals surface area (Å²) < 4.78 is 26.3. The third-order valence-electron chi connectivity index (χ3n) is 2.98. The number of aliphatic imine (C=N–C) groups is 1. The average Bonchev–Trinajstić information content (AvgIpc) is 2.38. The minimum atomic E-state index is -0.566. The zero-order valence-electron chi connectivity index (χ0n) is 10.9. The SMILES string of the molecule is CSC1CN=C(/C=C(\C)c2cc(F)cc(F)c2)NC1. The maximum absolute atomic E-state index is 13.1. The van der Waals surface area contributed by atoms with E-state index in [0.717, 1.165) is 30.6 Å². The third kappa shape index (κ3) is 3.80. The van der Waals surface area contributed by atoms with Crippen LogP contribution >= 0.6 is 11.8 Å². The lowest BCUT2D eigenvalue weighted by molar-refractivity contribution is 0.582. The molecule has 1 aromatic rings. The van der Waals surface area contributed by atoms with Gasteiger partial charge in [0.1, 0.15) is 17.5 Å². The maximum Gasteiger partial charge on any atom is 0.126 e. The summed E-state index contributed by atoms with van der Waals surface area (Å²) in [6.45, 7) is 3.45. The van der Waals surface area contributed by atoms with Crippen molar-refractivity contribution >= 4 is 23.2 Å². The van der Waals surface area contributed by atoms with Crippen LogP contribution in [0.1, 0.15) is 12.5 Å². The van der Waals surface area contributed by atoms with Crippen LogP contribution in [0.15, 0.2) is 29.3 Å². The standard InChI is InChI=1S/C14H16F2N2S/c1-9(10-4-11(15)6-12(16)5-10)3-14-17-7-13(19-2)8-18-14/h3-6,13H,7-8H2,1-2H3,(H,17,18)/b9-3+. The van der Waals surface area contributed by atoms with E-state index in [-0.39, 0.29) is 0 Å². The summed E-state index contributed by atoms with van der Waals surface area (Å²) in [7, 11) is 0. The molecule has 2 rings (SSSR count). The van der Waals surface area contributed by atoms with Crippen LogP contribution in [0.2, 0.25) is 0 Å². The summed E-state index contributed by atoms with van der Waals surface area (Å²) in [4.78, 5) is 4.41. The fourth-order valence-electron chi connectivity index (χ4n) is 1.86. The Hall–Kier alpha value is -1.36. The Balaban J connectivity index is 2.17. The molecule has 5 heteroatoms. The number of thioether (sulfide) groups is 1. The first-order valence-electron chi connectivity index (χ1n) is 6.04. The van der Waals surface area contributed by atoms with Crippen molar-refractivity contribution in [3.63, 3.8) is 0 Å². The van der Waals surface area contributed by atoms with Gasteiger partial charge in [0.25, 0.3) is 0 Å². The Kier molecular flexibility index (Phi) is 4.58. The average molecular weight is 282 g/mol. The number of allylic oxidation sites excluding steroid dienone is 1. The smallest absolute Gasteiger partial charge is 0.126 e. The summed E-state index contributed by atoms with van der Waals surface area (Å²) in [6.07, 6.45) is 3.88. The van der Waals surface area contributed by atoms with Crippen LogP contribution in [-0.2, 0) is 0 Å². The van der Waals surface area contributed by atoms with Gasteiger partial charge in [0.15, 0.2) is 0 Å². The molecule has 0 aromatic heterocycles. The topological polar surface area (TPSA) is 24.4 Å². The van der Waals surface area contributed by atoms with Crippen molar-refractivity contribution in [2.24, 2.45) is 4.99 Å². The second-order valence-electron chi connectivity index (χ2n) is 4.45. The predicted molar refractivity (Wildman–Crippen MR) is 77.6 cm³/mol. The van der Waals surface area contributed by atoms with Crippen LogP contribution in [0.25, 0.3) is 5.57 Å². The largest absolute Gasteiger partial charge is 0.369 e. The monoisotopic (exact) mass is 282 g/mol. The summed E-state index contributed by atoms with van der Waals surface area (Å²) in [5.41, 5.74) is 1.32. The number of hydrogen-bond acceptors (Lipinski definition) is 3. The fourth-order valence-corrected chi connectivity index (χ4v) is 2.34. The van der Waals surface area contributed by atoms with Crippen LogP contribution < -0.4 is 5.32 Å². The summed E-state index contributed by atoms with van der Waals surface area (Å²) >= 11 is 1.78. The van der Waals surface area contributed by atoms with E-state index in [4.69, 9.17) is 0 Å². The van der Waals surface area contributed by atoms with Crippen molar-refractivity contribution in [1.29, 1.82) is 0 Å². The van der Waals surface area contributed by atoms with Gasteiger partial charge >= 0.3 is 0 Å². The highest BCUT2D eigenvalue weighted by Crippen LogP contribution is 2.17. The molecule has 1 unspecified atom stereocenters. The molecular formula is C14H16F2N2S. The number of rotatable bonds is 3. The minimum absolute atomic E-state index is 0.490. The van der Waals surface area contributed by atoms with Crippen molar-refractivity contribution < 1.29 is 8.78 Å². The lowest BCUT2D eigenvalue weighted by Gasteiger charge is -2.20. The molecule has 2 nitrogen and oxygen atoms in total. The number of benzene rings is 1. The Morgan fingerprint density at radius 1 is 1.37 bits per heavy atom. The molecule has 1 heterocycles. The third-order valence-corrected chi connectivity index (χ3v) is 3.96. The molecule has 1 aliphatic heterocycles. The number of hydrogen-bond donors (Lipinski definition) is 1. The Morgan fingerprint density at radius 2 is 2.05 bits per heavy atom. The molecule has 0 spiro atoms. The van der Waals surface area contributed by atoms with Gasteiger partial charge in [0.2, 0.25) is 0 Å². The molecule has 0 fully saturated rings. The highest BCUT2D eigenvalue weighted by Gasteiger charge is 2.12. The van der Waals surface area contributed by atoms with E-state index in [9.17, 15) is 8.78 Å². The van der Waals surface area contributed by atoms with Crippen LogP contribution in [0.3, 0.4) is 0 Å². The number of halogens is 2. The van der Waals surface area contributed by atoms with Gasteiger partial charge in [-0.25, -0.2) is 8.78 Å². The molecular weight excluding hydrogens is 266 g/mol. The quantitative estimate of drug-likeness (QED) is 0.921. The van der Waals surface area contributed by atoms with E-state index < -0.39 is 11.6 Å². The van der Waals surface area contributed by atoms with Gasteiger partial charge in [-0.1, -0.05) is 0 Å². The number of nitrogens with zero attached hydrogens (tertiary/aromatic N) is 1. The molecule has 1 aliphatic rings. The van der Waals surface area contributed by atoms with Gasteiger partial charge in [0, 0.05) is 17.9 Å². The zero-order valence-corrected chi connectivity index (χ0v) is 11.7. The van der Waals surface area contributed by atoms with Gasteiger partial charge < -0.3 is 5.32 Å². The zero-order chi connectivity index (χ0) is 13.8. The van der Waals surface area contributed by atoms with Crippen LogP contribution in [-0.4, -0.2) is 30.4 Å². The molecule has 0 saturated heterocycles. The molecule has 0 saturated carbocycles. The predicted octanol–water partition coefficient (Wildman–Crippen LogP) is 3.10. The van der Waals surface area contributed by atoms with Crippen molar-refractivity contribution in [3.05, 3.63) is 41.5 Å². The summed E-state index contributed by atoms with van der Waals surface area (Å²) in [5, 5.41) is 3.71. The van der Waals surface area contributed by atoms with Crippen LogP contribution in [0.5, 0.6) is 0 Å². The molecule has 1 atom stereocenters. The van der Waals surface area contributed by atoms with Gasteiger partial charge in [-0.05, 0) is 42.5 Å². The maximum atomic E-state index is 13.1. The summed E-state index contributed by atoms with van der Waals surface area (Å²) in [5.74, 6) is -0.361. The van der Waals surface area contributed by atoms with Crippen molar-refractivity contribution in [2.75, 3.05) is 19.3 Å². The van der Waals surface area contributed by atoms with E-state index in [0.29, 0.717) is 10.8 Å². The van der Waals surface area contributed by atoms with E-state index in [1.54, 1.807) is 11.8 Å². The molecule has 0 amide bonds. The van der Waals surface area contributed by atoms with E-state index >= 15 is 0 Å². The second kappa shape index (κ2) is 6.19. The highest BCUT2D eigenvalue weighted by atomic mass is 32.2. The first kappa shape index (κ1) is 14.1. The number of nitrogens with one attached hydrogen (secondary N) is 1. The first-order chi connectivity index (χ1) is 9.08. The Morgan fingerprint density at radius 3 is 2.58 bits per heavy atom. The number of amidine groups is 1. The highest BCUT2D eigenvalue weighted by molar-refractivity contribution is 7.99. The van der Waals surface area contributed by atoms with Crippen molar-refractivity contribution in [1.82, 2.24) is 5.32 Å². The van der Waals surface area contributed by atoms with Gasteiger partial charge in [-0.2, -0.15) is 11.8 Å². The minimum Gasteiger partial charge on any atom is -0.369 e. The molecule has 0 bridgehead atoms. The first-order valence-corrected chi connectivity index (χ1v) is 7.33. The Bertz CT molecular complexity index is 506. The molecule has 102 valence electrons. The normalized spacial score (nSPS) is 19.9. The summed E-state index contributed by atoms with van der Waals surface area (Å²) in [6, 6.07) is 3.52. The Labute approximate surface area is 116 Å². The van der Waals surface area contributed by atoms with Gasteiger partial charge in [0.05, 0.1) is 6.54 Å². The fraction of sp³-hybridized carbons (Fsp3) is 0.357. The van der Waals surface area contributed by atoms with Crippen molar-refractivity contribution in [3.8, 4) is 0 Å². The lowest BCUT2D eigenvalue weighted by Crippen LogP contribution is -2.36. The molecule has 1 N–H and O–H groups in total. The van der Waals surface area contributed by atoms with Crippen LogP contribution in [0.4, 0.5) is 8.78 Å².